The van der Waals surface area contributed by atoms with Gasteiger partial charge in [-0.25, -0.2) is 9.97 Å². The van der Waals surface area contributed by atoms with Crippen LogP contribution in [0, 0.1) is 6.92 Å². The van der Waals surface area contributed by atoms with Crippen LogP contribution >= 0.6 is 0 Å². The van der Waals surface area contributed by atoms with Crippen LogP contribution in [0.2, 0.25) is 0 Å². The molecule has 20 heavy (non-hydrogen) atoms. The monoisotopic (exact) mass is 271 g/mol. The molecule has 0 unspecified atom stereocenters. The van der Waals surface area contributed by atoms with Crippen molar-refractivity contribution < 1.29 is 0 Å². The zero-order valence-electron chi connectivity index (χ0n) is 12.2. The molecule has 3 rings (SSSR count). The topological polar surface area (TPSA) is 46.8 Å². The molecule has 1 aliphatic heterocycles. The van der Waals surface area contributed by atoms with Crippen LogP contribution in [-0.4, -0.2) is 37.7 Å². The van der Waals surface area contributed by atoms with Crippen LogP contribution < -0.4 is 0 Å². The minimum absolute atomic E-state index is 0.530. The van der Waals surface area contributed by atoms with Crippen molar-refractivity contribution in [2.45, 2.75) is 32.2 Å². The molecular weight excluding hydrogens is 250 g/mol. The van der Waals surface area contributed by atoms with Gasteiger partial charge in [0.05, 0.1) is 6.20 Å². The average molecular weight is 271 g/mol. The number of nitrogens with zero attached hydrogens (tertiary/aromatic N) is 5. The van der Waals surface area contributed by atoms with Crippen LogP contribution in [0.4, 0.5) is 0 Å². The van der Waals surface area contributed by atoms with E-state index in [1.54, 1.807) is 0 Å². The molecule has 0 aromatic carbocycles. The maximum Gasteiger partial charge on any atom is 0.125 e. The fourth-order valence-electron chi connectivity index (χ4n) is 2.95. The Labute approximate surface area is 119 Å². The number of likely N-dealkylation sites (tertiary alicyclic amines) is 1. The van der Waals surface area contributed by atoms with E-state index in [2.05, 4.69) is 32.2 Å². The molecule has 0 radical (unpaired) electrons. The van der Waals surface area contributed by atoms with Crippen molar-refractivity contribution in [3.63, 3.8) is 0 Å². The molecule has 0 bridgehead atoms. The molecule has 0 amide bonds. The normalized spacial score (nSPS) is 20.2. The molecule has 0 saturated carbocycles. The lowest BCUT2D eigenvalue weighted by Gasteiger charge is -2.32. The van der Waals surface area contributed by atoms with E-state index in [4.69, 9.17) is 0 Å². The van der Waals surface area contributed by atoms with Crippen LogP contribution in [0.15, 0.2) is 24.7 Å². The van der Waals surface area contributed by atoms with Crippen molar-refractivity contribution in [1.29, 1.82) is 0 Å². The summed E-state index contributed by atoms with van der Waals surface area (Å²) in [6.45, 7) is 5.18. The lowest BCUT2D eigenvalue weighted by molar-refractivity contribution is 0.198. The summed E-state index contributed by atoms with van der Waals surface area (Å²) < 4.78 is 1.87. The van der Waals surface area contributed by atoms with Crippen LogP contribution in [0.3, 0.4) is 0 Å². The van der Waals surface area contributed by atoms with Gasteiger partial charge in [-0.3, -0.25) is 9.58 Å². The molecule has 0 spiro atoms. The van der Waals surface area contributed by atoms with Crippen molar-refractivity contribution in [3.05, 3.63) is 41.7 Å². The third-order valence-electron chi connectivity index (χ3n) is 3.89. The highest BCUT2D eigenvalue weighted by Crippen LogP contribution is 2.26. The van der Waals surface area contributed by atoms with Crippen molar-refractivity contribution >= 4 is 0 Å². The summed E-state index contributed by atoms with van der Waals surface area (Å²) >= 11 is 0. The lowest BCUT2D eigenvalue weighted by Crippen LogP contribution is -2.34. The molecule has 2 aromatic heterocycles. The largest absolute Gasteiger partial charge is 0.298 e. The Kier molecular flexibility index (Phi) is 3.78. The summed E-state index contributed by atoms with van der Waals surface area (Å²) in [4.78, 5) is 11.3. The van der Waals surface area contributed by atoms with Gasteiger partial charge in [-0.05, 0) is 32.4 Å². The van der Waals surface area contributed by atoms with Crippen LogP contribution in [-0.2, 0) is 13.6 Å². The smallest absolute Gasteiger partial charge is 0.125 e. The van der Waals surface area contributed by atoms with E-state index in [9.17, 15) is 0 Å². The minimum Gasteiger partial charge on any atom is -0.298 e. The lowest BCUT2D eigenvalue weighted by atomic mass is 9.94. The van der Waals surface area contributed by atoms with Crippen molar-refractivity contribution in [1.82, 2.24) is 24.6 Å². The molecule has 1 saturated heterocycles. The van der Waals surface area contributed by atoms with E-state index in [0.29, 0.717) is 5.92 Å². The molecule has 0 N–H and O–H groups in total. The zero-order chi connectivity index (χ0) is 13.9. The quantitative estimate of drug-likeness (QED) is 0.855. The van der Waals surface area contributed by atoms with E-state index in [1.165, 1.54) is 24.1 Å². The first kappa shape index (κ1) is 13.2. The number of aromatic nitrogens is 4. The van der Waals surface area contributed by atoms with Gasteiger partial charge >= 0.3 is 0 Å². The van der Waals surface area contributed by atoms with Crippen LogP contribution in [0.25, 0.3) is 0 Å². The second-order valence-electron chi connectivity index (χ2n) is 5.63. The third-order valence-corrected chi connectivity index (χ3v) is 3.89. The Hall–Kier alpha value is -1.75. The standard InChI is InChI=1S/C15H21N5/c1-12-16-6-5-15(18-12)14-4-3-7-20(11-14)10-13-8-17-19(2)9-13/h5-6,8-9,14H,3-4,7,10-11H2,1-2H3/t14-/m0/s1. The van der Waals surface area contributed by atoms with E-state index in [1.807, 2.05) is 31.0 Å². The fourth-order valence-corrected chi connectivity index (χ4v) is 2.95. The maximum absolute atomic E-state index is 4.59. The summed E-state index contributed by atoms with van der Waals surface area (Å²) in [5, 5.41) is 4.24. The maximum atomic E-state index is 4.59. The Morgan fingerprint density at radius 2 is 2.30 bits per heavy atom. The molecule has 1 fully saturated rings. The van der Waals surface area contributed by atoms with Gasteiger partial charge in [-0.1, -0.05) is 0 Å². The molecule has 106 valence electrons. The first-order valence-corrected chi connectivity index (χ1v) is 7.20. The second kappa shape index (κ2) is 5.71. The highest BCUT2D eigenvalue weighted by Gasteiger charge is 2.22. The average Bonchev–Trinajstić information content (AvgIpc) is 2.84. The minimum atomic E-state index is 0.530. The summed E-state index contributed by atoms with van der Waals surface area (Å²) in [6, 6.07) is 2.06. The van der Waals surface area contributed by atoms with Crippen molar-refractivity contribution in [2.75, 3.05) is 13.1 Å². The molecule has 0 aliphatic carbocycles. The van der Waals surface area contributed by atoms with E-state index in [0.717, 1.165) is 25.5 Å². The second-order valence-corrected chi connectivity index (χ2v) is 5.63. The van der Waals surface area contributed by atoms with Gasteiger partial charge in [-0.15, -0.1) is 0 Å². The van der Waals surface area contributed by atoms with Crippen molar-refractivity contribution in [3.8, 4) is 0 Å². The van der Waals surface area contributed by atoms with Crippen LogP contribution in [0.1, 0.15) is 35.8 Å². The first-order valence-electron chi connectivity index (χ1n) is 7.20. The Balaban J connectivity index is 1.67. The highest BCUT2D eigenvalue weighted by atomic mass is 15.2. The summed E-state index contributed by atoms with van der Waals surface area (Å²) in [5.74, 6) is 1.40. The van der Waals surface area contributed by atoms with Gasteiger partial charge in [0.15, 0.2) is 0 Å². The molecule has 3 heterocycles. The van der Waals surface area contributed by atoms with Gasteiger partial charge in [0.25, 0.3) is 0 Å². The summed E-state index contributed by atoms with van der Waals surface area (Å²) in [6.07, 6.45) is 8.38. The zero-order valence-corrected chi connectivity index (χ0v) is 12.2. The number of piperidine rings is 1. The summed E-state index contributed by atoms with van der Waals surface area (Å²) in [7, 11) is 1.96. The van der Waals surface area contributed by atoms with E-state index < -0.39 is 0 Å². The Morgan fingerprint density at radius 3 is 3.05 bits per heavy atom. The number of aryl methyl sites for hydroxylation is 2. The fraction of sp³-hybridized carbons (Fsp3) is 0.533. The predicted molar refractivity (Wildman–Crippen MR) is 77.2 cm³/mol. The van der Waals surface area contributed by atoms with E-state index >= 15 is 0 Å². The molecule has 5 heteroatoms. The van der Waals surface area contributed by atoms with Gasteiger partial charge in [-0.2, -0.15) is 5.10 Å². The number of hydrogen-bond acceptors (Lipinski definition) is 4. The molecule has 1 atom stereocenters. The van der Waals surface area contributed by atoms with Gasteiger partial charge in [0.2, 0.25) is 0 Å². The van der Waals surface area contributed by atoms with Gasteiger partial charge < -0.3 is 0 Å². The number of hydrogen-bond donors (Lipinski definition) is 0. The number of rotatable bonds is 3. The first-order chi connectivity index (χ1) is 9.70. The highest BCUT2D eigenvalue weighted by molar-refractivity contribution is 5.11. The third kappa shape index (κ3) is 3.04. The van der Waals surface area contributed by atoms with Crippen LogP contribution in [0.5, 0.6) is 0 Å². The van der Waals surface area contributed by atoms with Gasteiger partial charge in [0, 0.05) is 49.7 Å². The molecule has 1 aliphatic rings. The molecule has 5 nitrogen and oxygen atoms in total. The molecule has 2 aromatic rings. The molecular formula is C15H21N5. The Bertz CT molecular complexity index is 577. The van der Waals surface area contributed by atoms with Crippen molar-refractivity contribution in [2.24, 2.45) is 7.05 Å². The Morgan fingerprint density at radius 1 is 1.40 bits per heavy atom. The predicted octanol–water partition coefficient (Wildman–Crippen LogP) is 1.90. The van der Waals surface area contributed by atoms with E-state index in [-0.39, 0.29) is 0 Å². The SMILES string of the molecule is Cc1nccc([C@H]2CCCN(Cc3cnn(C)c3)C2)n1. The van der Waals surface area contributed by atoms with Gasteiger partial charge in [0.1, 0.15) is 5.82 Å². The summed E-state index contributed by atoms with van der Waals surface area (Å²) in [5.41, 5.74) is 2.47.